The van der Waals surface area contributed by atoms with E-state index in [0.717, 1.165) is 22.4 Å². The van der Waals surface area contributed by atoms with Gasteiger partial charge in [-0.1, -0.05) is 60.1 Å². The van der Waals surface area contributed by atoms with Crippen LogP contribution in [0.4, 0.5) is 0 Å². The molecule has 0 aliphatic carbocycles. The number of rotatable bonds is 3. The Morgan fingerprint density at radius 3 is 2.42 bits per heavy atom. The summed E-state index contributed by atoms with van der Waals surface area (Å²) < 4.78 is 1.59. The Kier molecular flexibility index (Phi) is 3.93. The molecule has 4 aromatic rings. The summed E-state index contributed by atoms with van der Waals surface area (Å²) in [5.74, 6) is -1.05. The number of aryl methyl sites for hydroxylation is 1. The van der Waals surface area contributed by atoms with Gasteiger partial charge in [0.15, 0.2) is 5.65 Å². The minimum absolute atomic E-state index is 0.105. The highest BCUT2D eigenvalue weighted by atomic mass is 35.5. The fourth-order valence-corrected chi connectivity index (χ4v) is 3.33. The highest BCUT2D eigenvalue weighted by molar-refractivity contribution is 6.33. The Labute approximate surface area is 154 Å². The molecule has 4 rings (SSSR count). The Bertz CT molecular complexity index is 1140. The predicted molar refractivity (Wildman–Crippen MR) is 101 cm³/mol. The quantitative estimate of drug-likeness (QED) is 0.571. The summed E-state index contributed by atoms with van der Waals surface area (Å²) in [6.07, 6.45) is 1.66. The third-order valence-corrected chi connectivity index (χ3v) is 4.57. The smallest absolute Gasteiger partial charge is 0.341 e. The summed E-state index contributed by atoms with van der Waals surface area (Å²) >= 11 is 6.40. The lowest BCUT2D eigenvalue weighted by Crippen LogP contribution is -2.02. The molecule has 0 saturated carbocycles. The summed E-state index contributed by atoms with van der Waals surface area (Å²) in [5.41, 5.74) is 4.07. The van der Waals surface area contributed by atoms with E-state index in [9.17, 15) is 9.90 Å². The lowest BCUT2D eigenvalue weighted by atomic mass is 10.0. The lowest BCUT2D eigenvalue weighted by molar-refractivity contribution is 0.0698. The minimum atomic E-state index is -1.05. The van der Waals surface area contributed by atoms with Crippen LogP contribution in [0.1, 0.15) is 16.1 Å². The largest absolute Gasteiger partial charge is 0.477 e. The molecular formula is C20H14ClN3O2. The highest BCUT2D eigenvalue weighted by Crippen LogP contribution is 2.36. The van der Waals surface area contributed by atoms with E-state index in [2.05, 4.69) is 10.1 Å². The molecule has 0 spiro atoms. The van der Waals surface area contributed by atoms with Crippen molar-refractivity contribution in [1.29, 1.82) is 0 Å². The van der Waals surface area contributed by atoms with Crippen LogP contribution in [0.2, 0.25) is 5.02 Å². The van der Waals surface area contributed by atoms with Crippen molar-refractivity contribution in [1.82, 2.24) is 14.6 Å². The maximum Gasteiger partial charge on any atom is 0.341 e. The second-order valence-corrected chi connectivity index (χ2v) is 6.27. The van der Waals surface area contributed by atoms with Gasteiger partial charge in [-0.2, -0.15) is 5.10 Å². The van der Waals surface area contributed by atoms with Crippen molar-refractivity contribution in [2.45, 2.75) is 6.92 Å². The maximum atomic E-state index is 11.6. The third kappa shape index (κ3) is 2.53. The van der Waals surface area contributed by atoms with Crippen molar-refractivity contribution in [3.8, 4) is 22.4 Å². The van der Waals surface area contributed by atoms with Gasteiger partial charge in [0.05, 0.1) is 11.4 Å². The van der Waals surface area contributed by atoms with Gasteiger partial charge in [0.2, 0.25) is 0 Å². The summed E-state index contributed by atoms with van der Waals surface area (Å²) in [4.78, 5) is 16.0. The minimum Gasteiger partial charge on any atom is -0.477 e. The Morgan fingerprint density at radius 2 is 1.73 bits per heavy atom. The molecule has 2 aromatic carbocycles. The number of hydrogen-bond acceptors (Lipinski definition) is 3. The van der Waals surface area contributed by atoms with Gasteiger partial charge >= 0.3 is 5.97 Å². The van der Waals surface area contributed by atoms with Crippen molar-refractivity contribution < 1.29 is 9.90 Å². The SMILES string of the molecule is Cc1nn2c(-c3ccccc3)c(-c3ccccc3Cl)cnc2c1C(=O)O. The molecule has 6 heteroatoms. The van der Waals surface area contributed by atoms with Gasteiger partial charge in [0, 0.05) is 27.9 Å². The summed E-state index contributed by atoms with van der Waals surface area (Å²) in [6, 6.07) is 17.2. The molecule has 2 heterocycles. The first-order valence-corrected chi connectivity index (χ1v) is 8.37. The number of nitrogens with zero attached hydrogens (tertiary/aromatic N) is 3. The molecule has 0 atom stereocenters. The van der Waals surface area contributed by atoms with Crippen LogP contribution in [-0.4, -0.2) is 25.7 Å². The van der Waals surface area contributed by atoms with E-state index in [0.29, 0.717) is 16.4 Å². The van der Waals surface area contributed by atoms with E-state index in [4.69, 9.17) is 11.6 Å². The number of carboxylic acids is 1. The van der Waals surface area contributed by atoms with Gasteiger partial charge in [-0.25, -0.2) is 14.3 Å². The van der Waals surface area contributed by atoms with Crippen molar-refractivity contribution in [3.63, 3.8) is 0 Å². The molecule has 0 amide bonds. The first-order valence-electron chi connectivity index (χ1n) is 8.00. The number of aromatic carboxylic acids is 1. The average molecular weight is 364 g/mol. The van der Waals surface area contributed by atoms with Crippen molar-refractivity contribution in [2.75, 3.05) is 0 Å². The zero-order valence-electron chi connectivity index (χ0n) is 13.8. The van der Waals surface area contributed by atoms with Crippen LogP contribution in [0.15, 0.2) is 60.8 Å². The molecule has 0 aliphatic rings. The molecule has 1 N–H and O–H groups in total. The number of aromatic nitrogens is 3. The van der Waals surface area contributed by atoms with E-state index in [-0.39, 0.29) is 5.56 Å². The van der Waals surface area contributed by atoms with Gasteiger partial charge in [0.25, 0.3) is 0 Å². The average Bonchev–Trinajstić information content (AvgIpc) is 2.98. The van der Waals surface area contributed by atoms with Gasteiger partial charge in [-0.3, -0.25) is 0 Å². The monoisotopic (exact) mass is 363 g/mol. The van der Waals surface area contributed by atoms with Crippen molar-refractivity contribution >= 4 is 23.2 Å². The van der Waals surface area contributed by atoms with Gasteiger partial charge in [-0.05, 0) is 13.0 Å². The molecule has 0 saturated heterocycles. The van der Waals surface area contributed by atoms with E-state index < -0.39 is 5.97 Å². The number of hydrogen-bond donors (Lipinski definition) is 1. The fraction of sp³-hybridized carbons (Fsp3) is 0.0500. The molecule has 5 nitrogen and oxygen atoms in total. The Hall–Kier alpha value is -3.18. The first-order chi connectivity index (χ1) is 12.6. The third-order valence-electron chi connectivity index (χ3n) is 4.24. The predicted octanol–water partition coefficient (Wildman–Crippen LogP) is 4.72. The second-order valence-electron chi connectivity index (χ2n) is 5.87. The van der Waals surface area contributed by atoms with E-state index in [1.165, 1.54) is 0 Å². The maximum absolute atomic E-state index is 11.6. The van der Waals surface area contributed by atoms with Crippen LogP contribution in [0.5, 0.6) is 0 Å². The molecule has 2 aromatic heterocycles. The summed E-state index contributed by atoms with van der Waals surface area (Å²) in [7, 11) is 0. The Balaban J connectivity index is 2.14. The molecule has 0 bridgehead atoms. The van der Waals surface area contributed by atoms with Crippen LogP contribution >= 0.6 is 11.6 Å². The van der Waals surface area contributed by atoms with Crippen LogP contribution in [0, 0.1) is 6.92 Å². The topological polar surface area (TPSA) is 67.5 Å². The normalized spacial score (nSPS) is 11.0. The number of carbonyl (C=O) groups is 1. The van der Waals surface area contributed by atoms with E-state index in [1.54, 1.807) is 17.6 Å². The summed E-state index contributed by atoms with van der Waals surface area (Å²) in [5, 5.41) is 14.6. The number of carboxylic acid groups (broad SMARTS) is 1. The molecule has 128 valence electrons. The van der Waals surface area contributed by atoms with Crippen LogP contribution in [0.3, 0.4) is 0 Å². The van der Waals surface area contributed by atoms with Crippen molar-refractivity contribution in [3.05, 3.63) is 77.1 Å². The van der Waals surface area contributed by atoms with E-state index in [1.807, 2.05) is 54.6 Å². The van der Waals surface area contributed by atoms with Crippen LogP contribution < -0.4 is 0 Å². The van der Waals surface area contributed by atoms with Crippen LogP contribution in [-0.2, 0) is 0 Å². The van der Waals surface area contributed by atoms with Gasteiger partial charge in [-0.15, -0.1) is 0 Å². The summed E-state index contributed by atoms with van der Waals surface area (Å²) in [6.45, 7) is 1.67. The van der Waals surface area contributed by atoms with Gasteiger partial charge < -0.3 is 5.11 Å². The first kappa shape index (κ1) is 16.3. The number of halogens is 1. The highest BCUT2D eigenvalue weighted by Gasteiger charge is 2.22. The Morgan fingerprint density at radius 1 is 1.04 bits per heavy atom. The second kappa shape index (κ2) is 6.28. The zero-order chi connectivity index (χ0) is 18.3. The fourth-order valence-electron chi connectivity index (χ4n) is 3.09. The molecule has 0 aliphatic heterocycles. The molecule has 0 radical (unpaired) electrons. The molecule has 26 heavy (non-hydrogen) atoms. The van der Waals surface area contributed by atoms with Crippen LogP contribution in [0.25, 0.3) is 28.0 Å². The number of benzene rings is 2. The molecule has 0 unspecified atom stereocenters. The van der Waals surface area contributed by atoms with Crippen molar-refractivity contribution in [2.24, 2.45) is 0 Å². The number of fused-ring (bicyclic) bond motifs is 1. The van der Waals surface area contributed by atoms with E-state index >= 15 is 0 Å². The zero-order valence-corrected chi connectivity index (χ0v) is 14.6. The lowest BCUT2D eigenvalue weighted by Gasteiger charge is -2.13. The molecular weight excluding hydrogens is 350 g/mol. The standard InChI is InChI=1S/C20H14ClN3O2/c1-12-17(20(25)26)19-22-11-15(14-9-5-6-10-16(14)21)18(24(19)23-12)13-7-3-2-4-8-13/h2-11H,1H3,(H,25,26). The van der Waals surface area contributed by atoms with Gasteiger partial charge in [0.1, 0.15) is 5.56 Å². The molecule has 0 fully saturated rings.